The summed E-state index contributed by atoms with van der Waals surface area (Å²) in [4.78, 5) is 20.0. The molecule has 0 amide bonds. The van der Waals surface area contributed by atoms with Crippen LogP contribution in [0.4, 0.5) is 23.2 Å². The lowest BCUT2D eigenvalue weighted by Gasteiger charge is -2.26. The molecule has 0 atom stereocenters. The number of alkyl halides is 3. The van der Waals surface area contributed by atoms with Crippen molar-refractivity contribution in [2.45, 2.75) is 25.6 Å². The Kier molecular flexibility index (Phi) is 6.81. The summed E-state index contributed by atoms with van der Waals surface area (Å²) >= 11 is 0. The zero-order valence-corrected chi connectivity index (χ0v) is 19.6. The Morgan fingerprint density at radius 3 is 2.56 bits per heavy atom. The second kappa shape index (κ2) is 10.0. The first-order valence-corrected chi connectivity index (χ1v) is 12.0. The number of halogens is 4. The van der Waals surface area contributed by atoms with Gasteiger partial charge in [0, 0.05) is 26.2 Å². The Morgan fingerprint density at radius 2 is 1.83 bits per heavy atom. The van der Waals surface area contributed by atoms with Gasteiger partial charge in [0.2, 0.25) is 0 Å². The molecule has 0 aliphatic carbocycles. The zero-order chi connectivity index (χ0) is 25.3. The van der Waals surface area contributed by atoms with Gasteiger partial charge in [0.15, 0.2) is 0 Å². The van der Waals surface area contributed by atoms with E-state index in [4.69, 9.17) is 4.74 Å². The molecular formula is C26H26F4N4O2. The third-order valence-corrected chi connectivity index (χ3v) is 6.58. The van der Waals surface area contributed by atoms with E-state index in [1.54, 1.807) is 12.1 Å². The lowest BCUT2D eigenvalue weighted by Crippen LogP contribution is -2.37. The average molecular weight is 503 g/mol. The number of aromatic nitrogens is 2. The van der Waals surface area contributed by atoms with E-state index in [2.05, 4.69) is 15.2 Å². The third-order valence-electron chi connectivity index (χ3n) is 6.58. The number of hydrogen-bond acceptors (Lipinski definition) is 5. The fraction of sp³-hybridized carbons (Fsp3) is 0.385. The van der Waals surface area contributed by atoms with Gasteiger partial charge < -0.3 is 10.1 Å². The molecule has 0 radical (unpaired) electrons. The molecule has 0 bridgehead atoms. The fourth-order valence-corrected chi connectivity index (χ4v) is 4.63. The van der Waals surface area contributed by atoms with Crippen LogP contribution in [0.2, 0.25) is 0 Å². The van der Waals surface area contributed by atoms with E-state index in [9.17, 15) is 22.4 Å². The van der Waals surface area contributed by atoms with Crippen LogP contribution in [0.3, 0.4) is 0 Å². The molecule has 5 rings (SSSR count). The second-order valence-electron chi connectivity index (χ2n) is 9.02. The lowest BCUT2D eigenvalue weighted by molar-refractivity contribution is -0.137. The lowest BCUT2D eigenvalue weighted by atomic mass is 10.1. The monoisotopic (exact) mass is 502 g/mol. The number of fused-ring (bicyclic) bond motifs is 2. The molecule has 0 saturated carbocycles. The highest BCUT2D eigenvalue weighted by Gasteiger charge is 2.30. The maximum atomic E-state index is 14.8. The summed E-state index contributed by atoms with van der Waals surface area (Å²) in [6, 6.07) is 7.62. The van der Waals surface area contributed by atoms with Gasteiger partial charge in [-0.1, -0.05) is 12.1 Å². The number of morpholine rings is 1. The Balaban J connectivity index is 1.37. The van der Waals surface area contributed by atoms with Gasteiger partial charge in [-0.25, -0.2) is 9.37 Å². The molecule has 0 unspecified atom stereocenters. The molecule has 3 heterocycles. The Morgan fingerprint density at radius 1 is 1.08 bits per heavy atom. The van der Waals surface area contributed by atoms with Gasteiger partial charge in [0.1, 0.15) is 11.6 Å². The van der Waals surface area contributed by atoms with E-state index in [0.717, 1.165) is 57.0 Å². The largest absolute Gasteiger partial charge is 0.416 e. The quantitative estimate of drug-likeness (QED) is 0.394. The molecule has 10 heteroatoms. The predicted molar refractivity (Wildman–Crippen MR) is 130 cm³/mol. The van der Waals surface area contributed by atoms with Crippen LogP contribution < -0.4 is 10.9 Å². The van der Waals surface area contributed by atoms with Gasteiger partial charge in [0.05, 0.1) is 35.4 Å². The van der Waals surface area contributed by atoms with Crippen molar-refractivity contribution in [1.82, 2.24) is 14.5 Å². The van der Waals surface area contributed by atoms with Gasteiger partial charge in [-0.05, 0) is 60.9 Å². The maximum absolute atomic E-state index is 14.8. The molecule has 1 fully saturated rings. The van der Waals surface area contributed by atoms with Crippen molar-refractivity contribution in [2.75, 3.05) is 44.7 Å². The Hall–Kier alpha value is -3.24. The topological polar surface area (TPSA) is 59.4 Å². The smallest absolute Gasteiger partial charge is 0.383 e. The number of anilines is 1. The molecule has 1 aromatic heterocycles. The van der Waals surface area contributed by atoms with Gasteiger partial charge >= 0.3 is 6.18 Å². The van der Waals surface area contributed by atoms with Crippen LogP contribution in [-0.2, 0) is 17.5 Å². The summed E-state index contributed by atoms with van der Waals surface area (Å²) < 4.78 is 60.2. The molecule has 2 aromatic carbocycles. The standard InChI is InChI=1S/C26H26F4N4O2/c27-21-15-20-22(16-23(21)31-7-1-8-33-10-12-36-13-11-33)32-24-18(6-9-34(24)25(20)35)14-17-2-4-19(5-3-17)26(28,29)30/h2-5,14-16,31H,1,6-13H2/b18-14+. The summed E-state index contributed by atoms with van der Waals surface area (Å²) in [6.07, 6.45) is -1.32. The highest BCUT2D eigenvalue weighted by Crippen LogP contribution is 2.31. The number of allylic oxidation sites excluding steroid dienone is 1. The molecule has 0 spiro atoms. The minimum Gasteiger partial charge on any atom is -0.383 e. The van der Waals surface area contributed by atoms with E-state index in [-0.39, 0.29) is 16.6 Å². The maximum Gasteiger partial charge on any atom is 0.416 e. The fourth-order valence-electron chi connectivity index (χ4n) is 4.63. The van der Waals surface area contributed by atoms with Gasteiger partial charge in [0.25, 0.3) is 5.56 Å². The highest BCUT2D eigenvalue weighted by molar-refractivity contribution is 5.86. The minimum atomic E-state index is -4.40. The normalized spacial score (nSPS) is 17.6. The van der Waals surface area contributed by atoms with Crippen molar-refractivity contribution in [3.05, 3.63) is 69.5 Å². The molecule has 36 heavy (non-hydrogen) atoms. The van der Waals surface area contributed by atoms with E-state index in [1.165, 1.54) is 22.8 Å². The van der Waals surface area contributed by atoms with E-state index in [1.807, 2.05) is 0 Å². The number of benzene rings is 2. The number of nitrogens with zero attached hydrogens (tertiary/aromatic N) is 3. The average Bonchev–Trinajstić information content (AvgIpc) is 3.26. The van der Waals surface area contributed by atoms with Crippen LogP contribution in [0.5, 0.6) is 0 Å². The number of ether oxygens (including phenoxy) is 1. The van der Waals surface area contributed by atoms with Crippen molar-refractivity contribution in [3.63, 3.8) is 0 Å². The number of rotatable bonds is 6. The van der Waals surface area contributed by atoms with Crippen molar-refractivity contribution < 1.29 is 22.3 Å². The first kappa shape index (κ1) is 24.5. The third kappa shape index (κ3) is 5.15. The Bertz CT molecular complexity index is 1340. The molecule has 3 aromatic rings. The zero-order valence-electron chi connectivity index (χ0n) is 19.6. The van der Waals surface area contributed by atoms with Crippen molar-refractivity contribution in [3.8, 4) is 0 Å². The van der Waals surface area contributed by atoms with Crippen molar-refractivity contribution >= 4 is 28.2 Å². The molecule has 190 valence electrons. The highest BCUT2D eigenvalue weighted by atomic mass is 19.4. The first-order valence-electron chi connectivity index (χ1n) is 12.0. The number of nitrogens with one attached hydrogen (secondary N) is 1. The summed E-state index contributed by atoms with van der Waals surface area (Å²) in [5.74, 6) is -0.0517. The summed E-state index contributed by atoms with van der Waals surface area (Å²) in [5, 5.41) is 3.31. The summed E-state index contributed by atoms with van der Waals surface area (Å²) in [5.41, 5.74) is 0.948. The summed E-state index contributed by atoms with van der Waals surface area (Å²) in [6.45, 7) is 5.09. The molecule has 6 nitrogen and oxygen atoms in total. The van der Waals surface area contributed by atoms with E-state index < -0.39 is 17.6 Å². The molecule has 2 aliphatic rings. The second-order valence-corrected chi connectivity index (χ2v) is 9.02. The molecular weight excluding hydrogens is 476 g/mol. The van der Waals surface area contributed by atoms with Crippen LogP contribution in [0.25, 0.3) is 22.6 Å². The van der Waals surface area contributed by atoms with Gasteiger partial charge in [-0.15, -0.1) is 0 Å². The molecule has 1 saturated heterocycles. The summed E-state index contributed by atoms with van der Waals surface area (Å²) in [7, 11) is 0. The van der Waals surface area contributed by atoms with Crippen LogP contribution >= 0.6 is 0 Å². The van der Waals surface area contributed by atoms with Crippen LogP contribution in [0, 0.1) is 5.82 Å². The number of hydrogen-bond donors (Lipinski definition) is 1. The van der Waals surface area contributed by atoms with E-state index >= 15 is 0 Å². The SMILES string of the molecule is O=c1c2cc(F)c(NCCCN3CCOCC3)cc2nc2n1CC/C2=C\c1ccc(C(F)(F)F)cc1. The first-order chi connectivity index (χ1) is 17.3. The van der Waals surface area contributed by atoms with E-state index in [0.29, 0.717) is 36.4 Å². The molecule has 2 aliphatic heterocycles. The van der Waals surface area contributed by atoms with Crippen molar-refractivity contribution in [1.29, 1.82) is 0 Å². The van der Waals surface area contributed by atoms with Crippen LogP contribution in [-0.4, -0.2) is 53.8 Å². The Labute approximate surface area is 205 Å². The predicted octanol–water partition coefficient (Wildman–Crippen LogP) is 4.63. The minimum absolute atomic E-state index is 0.200. The van der Waals surface area contributed by atoms with Crippen LogP contribution in [0.15, 0.2) is 41.2 Å². The van der Waals surface area contributed by atoms with Gasteiger partial charge in [-0.2, -0.15) is 13.2 Å². The molecule has 1 N–H and O–H groups in total. The van der Waals surface area contributed by atoms with Crippen molar-refractivity contribution in [2.24, 2.45) is 0 Å². The van der Waals surface area contributed by atoms with Crippen LogP contribution in [0.1, 0.15) is 29.8 Å². The van der Waals surface area contributed by atoms with Gasteiger partial charge in [-0.3, -0.25) is 14.3 Å².